The van der Waals surface area contributed by atoms with Gasteiger partial charge in [0.1, 0.15) is 11.8 Å². The van der Waals surface area contributed by atoms with Gasteiger partial charge in [-0.15, -0.1) is 0 Å². The van der Waals surface area contributed by atoms with Crippen molar-refractivity contribution in [2.45, 2.75) is 6.04 Å². The number of aliphatic hydroxyl groups excluding tert-OH is 1. The SMILES string of the molecule is O=C(COc1cccc([N+](=O)[O-])c1)N[C@@H](CO)C(=O)O. The Balaban J connectivity index is 2.54. The lowest BCUT2D eigenvalue weighted by atomic mass is 10.3. The topological polar surface area (TPSA) is 139 Å². The van der Waals surface area contributed by atoms with E-state index >= 15 is 0 Å². The fourth-order valence-corrected chi connectivity index (χ4v) is 1.26. The number of non-ortho nitro benzene ring substituents is 1. The summed E-state index contributed by atoms with van der Waals surface area (Å²) >= 11 is 0. The molecule has 1 rings (SSSR count). The minimum atomic E-state index is -1.42. The Morgan fingerprint density at radius 3 is 2.70 bits per heavy atom. The van der Waals surface area contributed by atoms with Gasteiger partial charge in [0, 0.05) is 6.07 Å². The number of carbonyl (C=O) groups is 2. The molecule has 1 aromatic rings. The van der Waals surface area contributed by atoms with Crippen LogP contribution in [0.25, 0.3) is 0 Å². The lowest BCUT2D eigenvalue weighted by Gasteiger charge is -2.12. The Morgan fingerprint density at radius 2 is 2.15 bits per heavy atom. The molecule has 0 aliphatic rings. The second kappa shape index (κ2) is 7.04. The Kier molecular flexibility index (Phi) is 5.42. The number of nitrogens with zero attached hydrogens (tertiary/aromatic N) is 1. The average molecular weight is 284 g/mol. The van der Waals surface area contributed by atoms with E-state index in [9.17, 15) is 19.7 Å². The van der Waals surface area contributed by atoms with E-state index in [-0.39, 0.29) is 11.4 Å². The molecule has 0 aliphatic carbocycles. The van der Waals surface area contributed by atoms with Gasteiger partial charge in [-0.25, -0.2) is 4.79 Å². The summed E-state index contributed by atoms with van der Waals surface area (Å²) in [6.45, 7) is -1.27. The summed E-state index contributed by atoms with van der Waals surface area (Å²) in [6.07, 6.45) is 0. The minimum absolute atomic E-state index is 0.102. The number of carbonyl (C=O) groups excluding carboxylic acids is 1. The first kappa shape index (κ1) is 15.4. The molecule has 0 spiro atoms. The minimum Gasteiger partial charge on any atom is -0.484 e. The molecule has 1 amide bonds. The van der Waals surface area contributed by atoms with Crippen molar-refractivity contribution in [2.75, 3.05) is 13.2 Å². The van der Waals surface area contributed by atoms with Gasteiger partial charge in [-0.05, 0) is 6.07 Å². The summed E-state index contributed by atoms with van der Waals surface area (Å²) in [5.41, 5.74) is -0.193. The fourth-order valence-electron chi connectivity index (χ4n) is 1.26. The quantitative estimate of drug-likeness (QED) is 0.454. The summed E-state index contributed by atoms with van der Waals surface area (Å²) in [5, 5.41) is 29.9. The number of rotatable bonds is 7. The monoisotopic (exact) mass is 284 g/mol. The number of benzene rings is 1. The number of ether oxygens (including phenoxy) is 1. The lowest BCUT2D eigenvalue weighted by molar-refractivity contribution is -0.384. The van der Waals surface area contributed by atoms with Gasteiger partial charge in [-0.2, -0.15) is 0 Å². The van der Waals surface area contributed by atoms with Crippen molar-refractivity contribution in [3.05, 3.63) is 34.4 Å². The second-order valence-electron chi connectivity index (χ2n) is 3.68. The van der Waals surface area contributed by atoms with Crippen molar-refractivity contribution in [1.29, 1.82) is 0 Å². The predicted octanol–water partition coefficient (Wildman–Crippen LogP) is -0.465. The second-order valence-corrected chi connectivity index (χ2v) is 3.68. The molecule has 0 saturated heterocycles. The summed E-state index contributed by atoms with van der Waals surface area (Å²) < 4.78 is 4.99. The zero-order valence-electron chi connectivity index (χ0n) is 10.2. The maximum Gasteiger partial charge on any atom is 0.328 e. The van der Waals surface area contributed by atoms with Crippen LogP contribution in [0.4, 0.5) is 5.69 Å². The molecule has 0 radical (unpaired) electrons. The largest absolute Gasteiger partial charge is 0.484 e. The molecule has 3 N–H and O–H groups in total. The normalized spacial score (nSPS) is 11.4. The highest BCUT2D eigenvalue weighted by Crippen LogP contribution is 2.18. The molecule has 0 unspecified atom stereocenters. The molecule has 1 atom stereocenters. The lowest BCUT2D eigenvalue weighted by Crippen LogP contribution is -2.45. The molecule has 0 aromatic heterocycles. The Bertz CT molecular complexity index is 517. The number of carboxylic acids is 1. The van der Waals surface area contributed by atoms with E-state index in [1.807, 2.05) is 5.32 Å². The van der Waals surface area contributed by atoms with Crippen LogP contribution in [0.5, 0.6) is 5.75 Å². The first-order valence-electron chi connectivity index (χ1n) is 5.44. The number of hydrogen-bond acceptors (Lipinski definition) is 6. The van der Waals surface area contributed by atoms with Crippen LogP contribution in [0.15, 0.2) is 24.3 Å². The first-order valence-corrected chi connectivity index (χ1v) is 5.44. The molecule has 0 bridgehead atoms. The highest BCUT2D eigenvalue weighted by atomic mass is 16.6. The number of aliphatic carboxylic acids is 1. The van der Waals surface area contributed by atoms with Crippen LogP contribution >= 0.6 is 0 Å². The van der Waals surface area contributed by atoms with Crippen molar-refractivity contribution in [3.63, 3.8) is 0 Å². The van der Waals surface area contributed by atoms with E-state index in [1.165, 1.54) is 18.2 Å². The Labute approximate surface area is 112 Å². The number of nitro benzene ring substituents is 1. The molecule has 0 fully saturated rings. The predicted molar refractivity (Wildman–Crippen MR) is 65.2 cm³/mol. The van der Waals surface area contributed by atoms with Crippen molar-refractivity contribution < 1.29 is 29.5 Å². The Hall–Kier alpha value is -2.68. The van der Waals surface area contributed by atoms with Gasteiger partial charge in [0.25, 0.3) is 11.6 Å². The maximum atomic E-state index is 11.4. The third kappa shape index (κ3) is 4.53. The number of nitrogens with one attached hydrogen (secondary N) is 1. The van der Waals surface area contributed by atoms with E-state index in [4.69, 9.17) is 14.9 Å². The molecule has 0 heterocycles. The summed E-state index contributed by atoms with van der Waals surface area (Å²) in [5.74, 6) is -2.04. The summed E-state index contributed by atoms with van der Waals surface area (Å²) in [4.78, 5) is 31.9. The van der Waals surface area contributed by atoms with Gasteiger partial charge in [-0.3, -0.25) is 14.9 Å². The van der Waals surface area contributed by atoms with Crippen molar-refractivity contribution in [3.8, 4) is 5.75 Å². The van der Waals surface area contributed by atoms with Crippen LogP contribution in [-0.4, -0.2) is 46.3 Å². The van der Waals surface area contributed by atoms with Gasteiger partial charge in [0.15, 0.2) is 6.61 Å². The molecule has 108 valence electrons. The van der Waals surface area contributed by atoms with Gasteiger partial charge < -0.3 is 20.3 Å². The molecular formula is C11H12N2O7. The zero-order chi connectivity index (χ0) is 15.1. The van der Waals surface area contributed by atoms with Crippen molar-refractivity contribution in [2.24, 2.45) is 0 Å². The number of hydrogen-bond donors (Lipinski definition) is 3. The molecule has 1 aromatic carbocycles. The molecule has 0 aliphatic heterocycles. The van der Waals surface area contributed by atoms with E-state index < -0.39 is 36.1 Å². The Morgan fingerprint density at radius 1 is 1.45 bits per heavy atom. The molecular weight excluding hydrogens is 272 g/mol. The van der Waals surface area contributed by atoms with Gasteiger partial charge >= 0.3 is 5.97 Å². The summed E-state index contributed by atoms with van der Waals surface area (Å²) in [7, 11) is 0. The number of nitro groups is 1. The van der Waals surface area contributed by atoms with E-state index in [2.05, 4.69) is 0 Å². The standard InChI is InChI=1S/C11H12N2O7/c14-5-9(11(16)17)12-10(15)6-20-8-3-1-2-7(4-8)13(18)19/h1-4,9,14H,5-6H2,(H,12,15)(H,16,17)/t9-/m0/s1. The van der Waals surface area contributed by atoms with E-state index in [1.54, 1.807) is 0 Å². The molecule has 9 heteroatoms. The number of aliphatic hydroxyl groups is 1. The van der Waals surface area contributed by atoms with Crippen LogP contribution in [-0.2, 0) is 9.59 Å². The van der Waals surface area contributed by atoms with E-state index in [0.29, 0.717) is 0 Å². The van der Waals surface area contributed by atoms with Gasteiger partial charge in [0.05, 0.1) is 17.6 Å². The third-order valence-corrected chi connectivity index (χ3v) is 2.21. The van der Waals surface area contributed by atoms with Gasteiger partial charge in [-0.1, -0.05) is 6.07 Å². The van der Waals surface area contributed by atoms with Crippen LogP contribution in [0, 0.1) is 10.1 Å². The van der Waals surface area contributed by atoms with Crippen LogP contribution in [0.1, 0.15) is 0 Å². The smallest absolute Gasteiger partial charge is 0.328 e. The van der Waals surface area contributed by atoms with E-state index in [0.717, 1.165) is 6.07 Å². The van der Waals surface area contributed by atoms with Crippen LogP contribution in [0.2, 0.25) is 0 Å². The highest BCUT2D eigenvalue weighted by Gasteiger charge is 2.18. The maximum absolute atomic E-state index is 11.4. The number of carboxylic acid groups (broad SMARTS) is 1. The molecule has 0 saturated carbocycles. The number of amides is 1. The van der Waals surface area contributed by atoms with Crippen LogP contribution in [0.3, 0.4) is 0 Å². The summed E-state index contributed by atoms with van der Waals surface area (Å²) in [6, 6.07) is 3.78. The van der Waals surface area contributed by atoms with Crippen molar-refractivity contribution in [1.82, 2.24) is 5.32 Å². The van der Waals surface area contributed by atoms with Crippen LogP contribution < -0.4 is 10.1 Å². The average Bonchev–Trinajstić information content (AvgIpc) is 2.42. The fraction of sp³-hybridized carbons (Fsp3) is 0.273. The first-order chi connectivity index (χ1) is 9.43. The van der Waals surface area contributed by atoms with Crippen molar-refractivity contribution >= 4 is 17.6 Å². The van der Waals surface area contributed by atoms with Gasteiger partial charge in [0.2, 0.25) is 0 Å². The molecule has 9 nitrogen and oxygen atoms in total. The third-order valence-electron chi connectivity index (χ3n) is 2.21. The zero-order valence-corrected chi connectivity index (χ0v) is 10.2. The highest BCUT2D eigenvalue weighted by molar-refractivity contribution is 5.84. The molecule has 20 heavy (non-hydrogen) atoms.